The minimum atomic E-state index is -0.416. The molecule has 0 unspecified atom stereocenters. The molecule has 0 atom stereocenters. The molecule has 158 valence electrons. The average Bonchev–Trinajstić information content (AvgIpc) is 2.83. The lowest BCUT2D eigenvalue weighted by atomic mass is 9.98. The molecule has 0 spiro atoms. The Morgan fingerprint density at radius 3 is 2.00 bits per heavy atom. The highest BCUT2D eigenvalue weighted by Gasteiger charge is 2.21. The van der Waals surface area contributed by atoms with Gasteiger partial charge < -0.3 is 10.1 Å². The summed E-state index contributed by atoms with van der Waals surface area (Å²) < 4.78 is 5.20. The highest BCUT2D eigenvalue weighted by atomic mass is 16.5. The maximum absolute atomic E-state index is 13.4. The van der Waals surface area contributed by atoms with E-state index in [2.05, 4.69) is 5.32 Å². The maximum atomic E-state index is 13.4. The molecule has 0 radical (unpaired) electrons. The first-order chi connectivity index (χ1) is 15.1. The van der Waals surface area contributed by atoms with Crippen molar-refractivity contribution in [2.24, 2.45) is 0 Å². The van der Waals surface area contributed by atoms with Crippen LogP contribution in [-0.4, -0.2) is 18.8 Å². The van der Waals surface area contributed by atoms with Crippen LogP contribution in [0, 0.1) is 0 Å². The van der Waals surface area contributed by atoms with Crippen LogP contribution < -0.4 is 10.1 Å². The van der Waals surface area contributed by atoms with Gasteiger partial charge >= 0.3 is 0 Å². The van der Waals surface area contributed by atoms with Gasteiger partial charge in [-0.15, -0.1) is 0 Å². The second-order valence-corrected chi connectivity index (χ2v) is 7.14. The van der Waals surface area contributed by atoms with E-state index in [0.717, 1.165) is 35.2 Å². The summed E-state index contributed by atoms with van der Waals surface area (Å²) in [5.74, 6) is -0.0248. The summed E-state index contributed by atoms with van der Waals surface area (Å²) in [4.78, 5) is 26.6. The molecule has 0 aliphatic heterocycles. The van der Waals surface area contributed by atoms with Crippen molar-refractivity contribution >= 4 is 23.5 Å². The lowest BCUT2D eigenvalue weighted by molar-refractivity contribution is -0.112. The predicted molar refractivity (Wildman–Crippen MR) is 126 cm³/mol. The van der Waals surface area contributed by atoms with Gasteiger partial charge in [-0.2, -0.15) is 0 Å². The Morgan fingerprint density at radius 2 is 1.45 bits per heavy atom. The first kappa shape index (κ1) is 22.0. The van der Waals surface area contributed by atoms with E-state index in [4.69, 9.17) is 4.74 Å². The zero-order valence-electron chi connectivity index (χ0n) is 18.1. The van der Waals surface area contributed by atoms with Gasteiger partial charge in [0, 0.05) is 11.3 Å². The lowest BCUT2D eigenvalue weighted by Gasteiger charge is -2.15. The van der Waals surface area contributed by atoms with Crippen LogP contribution in [0.3, 0.4) is 0 Å². The molecule has 0 bridgehead atoms. The van der Waals surface area contributed by atoms with Crippen LogP contribution in [-0.2, 0) is 17.6 Å². The van der Waals surface area contributed by atoms with Crippen molar-refractivity contribution < 1.29 is 14.3 Å². The molecule has 0 fully saturated rings. The van der Waals surface area contributed by atoms with Crippen molar-refractivity contribution in [1.29, 1.82) is 0 Å². The third-order valence-corrected chi connectivity index (χ3v) is 5.19. The summed E-state index contributed by atoms with van der Waals surface area (Å²) >= 11 is 0. The Morgan fingerprint density at radius 1 is 0.839 bits per heavy atom. The summed E-state index contributed by atoms with van der Waals surface area (Å²) in [5, 5.41) is 3.02. The summed E-state index contributed by atoms with van der Waals surface area (Å²) in [6.07, 6.45) is 3.20. The number of aryl methyl sites for hydroxylation is 2. The topological polar surface area (TPSA) is 55.4 Å². The number of benzene rings is 3. The van der Waals surface area contributed by atoms with Crippen LogP contribution in [0.25, 0.3) is 6.08 Å². The molecule has 4 heteroatoms. The van der Waals surface area contributed by atoms with Gasteiger partial charge in [0.05, 0.1) is 12.7 Å². The van der Waals surface area contributed by atoms with Crippen LogP contribution in [0.1, 0.15) is 40.9 Å². The van der Waals surface area contributed by atoms with Crippen molar-refractivity contribution in [2.75, 3.05) is 12.4 Å². The Bertz CT molecular complexity index is 1060. The highest BCUT2D eigenvalue weighted by molar-refractivity contribution is 6.31. The van der Waals surface area contributed by atoms with Gasteiger partial charge in [0.25, 0.3) is 5.91 Å². The summed E-state index contributed by atoms with van der Waals surface area (Å²) in [6.45, 7) is 4.10. The van der Waals surface area contributed by atoms with Crippen molar-refractivity contribution in [3.8, 4) is 5.75 Å². The molecule has 0 aliphatic rings. The third kappa shape index (κ3) is 5.28. The minimum Gasteiger partial charge on any atom is -0.497 e. The number of nitrogens with one attached hydrogen (secondary N) is 1. The lowest BCUT2D eigenvalue weighted by Crippen LogP contribution is -2.22. The standard InChI is InChI=1S/C27H27NO3/c1-4-20-12-9-13-21(5-2)25(20)28-27(30)24(26(29)22-10-7-6-8-11-22)18-19-14-16-23(31-3)17-15-19/h6-18H,4-5H2,1-3H3,(H,28,30)/b24-18+. The monoisotopic (exact) mass is 413 g/mol. The number of hydrogen-bond donors (Lipinski definition) is 1. The van der Waals surface area contributed by atoms with Gasteiger partial charge in [-0.3, -0.25) is 9.59 Å². The van der Waals surface area contributed by atoms with Crippen LogP contribution >= 0.6 is 0 Å². The SMILES string of the molecule is CCc1cccc(CC)c1NC(=O)/C(=C/c1ccc(OC)cc1)C(=O)c1ccccc1. The Labute approximate surface area is 183 Å². The van der Waals surface area contributed by atoms with Gasteiger partial charge in [-0.25, -0.2) is 0 Å². The number of ether oxygens (including phenoxy) is 1. The van der Waals surface area contributed by atoms with E-state index in [9.17, 15) is 9.59 Å². The fourth-order valence-electron chi connectivity index (χ4n) is 3.43. The minimum absolute atomic E-state index is 0.0873. The maximum Gasteiger partial charge on any atom is 0.259 e. The molecule has 0 aromatic heterocycles. The Balaban J connectivity index is 2.03. The largest absolute Gasteiger partial charge is 0.497 e. The molecule has 1 amide bonds. The normalized spacial score (nSPS) is 11.1. The van der Waals surface area contributed by atoms with Crippen molar-refractivity contribution in [3.05, 3.63) is 101 Å². The van der Waals surface area contributed by atoms with E-state index >= 15 is 0 Å². The van der Waals surface area contributed by atoms with E-state index in [1.54, 1.807) is 49.6 Å². The van der Waals surface area contributed by atoms with E-state index in [1.807, 2.05) is 50.2 Å². The number of hydrogen-bond acceptors (Lipinski definition) is 3. The smallest absolute Gasteiger partial charge is 0.259 e. The fraction of sp³-hybridized carbons (Fsp3) is 0.185. The molecule has 0 saturated carbocycles. The van der Waals surface area contributed by atoms with Gasteiger partial charge in [0.15, 0.2) is 5.78 Å². The second kappa shape index (κ2) is 10.4. The van der Waals surface area contributed by atoms with Gasteiger partial charge in [0.2, 0.25) is 0 Å². The Kier molecular flexibility index (Phi) is 7.39. The highest BCUT2D eigenvalue weighted by Crippen LogP contribution is 2.24. The van der Waals surface area contributed by atoms with Crippen molar-refractivity contribution in [1.82, 2.24) is 0 Å². The molecule has 0 aliphatic carbocycles. The summed E-state index contributed by atoms with van der Waals surface area (Å²) in [7, 11) is 1.60. The van der Waals surface area contributed by atoms with Crippen molar-refractivity contribution in [2.45, 2.75) is 26.7 Å². The van der Waals surface area contributed by atoms with E-state index in [1.165, 1.54) is 0 Å². The number of anilines is 1. The summed E-state index contributed by atoms with van der Waals surface area (Å²) in [6, 6.07) is 22.1. The molecule has 3 rings (SSSR count). The van der Waals surface area contributed by atoms with E-state index < -0.39 is 5.91 Å². The number of Topliss-reactive ketones (excluding diaryl/α,β-unsaturated/α-hetero) is 1. The van der Waals surface area contributed by atoms with Crippen LogP contribution in [0.5, 0.6) is 5.75 Å². The molecule has 3 aromatic carbocycles. The predicted octanol–water partition coefficient (Wildman–Crippen LogP) is 5.73. The molecule has 0 saturated heterocycles. The van der Waals surface area contributed by atoms with Gasteiger partial charge in [-0.1, -0.05) is 74.5 Å². The van der Waals surface area contributed by atoms with E-state index in [-0.39, 0.29) is 11.4 Å². The second-order valence-electron chi connectivity index (χ2n) is 7.14. The zero-order chi connectivity index (χ0) is 22.2. The molecule has 4 nitrogen and oxygen atoms in total. The first-order valence-corrected chi connectivity index (χ1v) is 10.4. The molecule has 1 N–H and O–H groups in total. The first-order valence-electron chi connectivity index (χ1n) is 10.4. The number of carbonyl (C=O) groups is 2. The van der Waals surface area contributed by atoms with Gasteiger partial charge in [-0.05, 0) is 47.7 Å². The van der Waals surface area contributed by atoms with Crippen molar-refractivity contribution in [3.63, 3.8) is 0 Å². The van der Waals surface area contributed by atoms with E-state index in [0.29, 0.717) is 11.3 Å². The average molecular weight is 414 g/mol. The number of ketones is 1. The third-order valence-electron chi connectivity index (χ3n) is 5.19. The number of para-hydroxylation sites is 1. The van der Waals surface area contributed by atoms with Crippen LogP contribution in [0.4, 0.5) is 5.69 Å². The zero-order valence-corrected chi connectivity index (χ0v) is 18.1. The number of methoxy groups -OCH3 is 1. The summed E-state index contributed by atoms with van der Waals surface area (Å²) in [5.41, 5.74) is 4.18. The quantitative estimate of drug-likeness (QED) is 0.222. The van der Waals surface area contributed by atoms with Gasteiger partial charge in [0.1, 0.15) is 5.75 Å². The van der Waals surface area contributed by atoms with Crippen LogP contribution in [0.15, 0.2) is 78.4 Å². The molecule has 0 heterocycles. The number of rotatable bonds is 8. The fourth-order valence-corrected chi connectivity index (χ4v) is 3.43. The van der Waals surface area contributed by atoms with Crippen LogP contribution in [0.2, 0.25) is 0 Å². The molecular weight excluding hydrogens is 386 g/mol. The number of amides is 1. The Hall–Kier alpha value is -3.66. The number of carbonyl (C=O) groups excluding carboxylic acids is 2. The molecule has 3 aromatic rings. The molecule has 31 heavy (non-hydrogen) atoms. The molecular formula is C27H27NO3.